The number of rotatable bonds is 7. The Morgan fingerprint density at radius 1 is 1.11 bits per heavy atom. The monoisotopic (exact) mass is 380 g/mol. The van der Waals surface area contributed by atoms with E-state index in [0.29, 0.717) is 23.7 Å². The average Bonchev–Trinajstić information content (AvgIpc) is 2.61. The number of amides is 1. The summed E-state index contributed by atoms with van der Waals surface area (Å²) >= 11 is 0. The number of anilines is 1. The third-order valence-corrected chi connectivity index (χ3v) is 3.10. The van der Waals surface area contributed by atoms with Crippen molar-refractivity contribution in [2.75, 3.05) is 18.5 Å². The fraction of sp³-hybridized carbons (Fsp3) is 0.222. The Hall–Kier alpha value is -3.41. The van der Waals surface area contributed by atoms with Gasteiger partial charge in [-0.05, 0) is 43.3 Å². The van der Waals surface area contributed by atoms with E-state index in [-0.39, 0.29) is 12.3 Å². The third kappa shape index (κ3) is 6.43. The number of benzene rings is 2. The zero-order chi connectivity index (χ0) is 19.9. The second kappa shape index (κ2) is 8.80. The fourth-order valence-electron chi connectivity index (χ4n) is 2.05. The van der Waals surface area contributed by atoms with Crippen molar-refractivity contribution in [3.05, 3.63) is 48.0 Å². The van der Waals surface area contributed by atoms with Crippen molar-refractivity contribution in [1.82, 2.24) is 0 Å². The molecule has 0 aliphatic rings. The van der Waals surface area contributed by atoms with Crippen LogP contribution in [0.4, 0.5) is 18.9 Å². The lowest BCUT2D eigenvalue weighted by Crippen LogP contribution is -2.20. The summed E-state index contributed by atoms with van der Waals surface area (Å²) in [6.07, 6.45) is -4.78. The summed E-state index contributed by atoms with van der Waals surface area (Å²) in [7, 11) is 0. The van der Waals surface area contributed by atoms with Gasteiger partial charge in [0.05, 0.1) is 18.2 Å². The van der Waals surface area contributed by atoms with Crippen molar-refractivity contribution in [3.63, 3.8) is 0 Å². The number of halogens is 3. The molecule has 2 aromatic carbocycles. The lowest BCUT2D eigenvalue weighted by molar-refractivity contribution is -0.274. The van der Waals surface area contributed by atoms with Crippen LogP contribution in [0.1, 0.15) is 12.5 Å². The van der Waals surface area contributed by atoms with Gasteiger partial charge in [-0.25, -0.2) is 0 Å². The lowest BCUT2D eigenvalue weighted by atomic mass is 10.2. The highest BCUT2D eigenvalue weighted by atomic mass is 19.4. The summed E-state index contributed by atoms with van der Waals surface area (Å²) in [5, 5.41) is 11.4. The smallest absolute Gasteiger partial charge is 0.490 e. The molecule has 6 nitrogen and oxygen atoms in total. The number of nitriles is 1. The molecule has 0 aromatic heterocycles. The summed E-state index contributed by atoms with van der Waals surface area (Å²) in [4.78, 5) is 12.0. The Kier molecular flexibility index (Phi) is 6.49. The van der Waals surface area contributed by atoms with Crippen molar-refractivity contribution >= 4 is 11.6 Å². The van der Waals surface area contributed by atoms with E-state index in [1.165, 1.54) is 30.3 Å². The number of hydrogen-bond acceptors (Lipinski definition) is 5. The SMILES string of the molecule is CCOc1cc(C#N)ccc1OCC(=O)Nc1ccc(OC(F)(F)F)cc1. The van der Waals surface area contributed by atoms with Crippen molar-refractivity contribution in [1.29, 1.82) is 5.26 Å². The molecule has 0 heterocycles. The molecule has 0 fully saturated rings. The minimum Gasteiger partial charge on any atom is -0.490 e. The maximum atomic E-state index is 12.1. The standard InChI is InChI=1S/C18H15F3N2O4/c1-2-25-16-9-12(10-22)3-8-15(16)26-11-17(24)23-13-4-6-14(7-5-13)27-18(19,20)21/h3-9H,2,11H2,1H3,(H,23,24). The first kappa shape index (κ1) is 19.9. The first-order valence-electron chi connectivity index (χ1n) is 7.76. The molecule has 0 bridgehead atoms. The van der Waals surface area contributed by atoms with Crippen molar-refractivity contribution < 1.29 is 32.2 Å². The molecule has 2 rings (SSSR count). The molecule has 0 unspecified atom stereocenters. The topological polar surface area (TPSA) is 80.6 Å². The summed E-state index contributed by atoms with van der Waals surface area (Å²) in [5.41, 5.74) is 0.666. The molecule has 1 amide bonds. The molecule has 27 heavy (non-hydrogen) atoms. The van der Waals surface area contributed by atoms with Gasteiger partial charge in [-0.2, -0.15) is 5.26 Å². The minimum absolute atomic E-state index is 0.281. The van der Waals surface area contributed by atoms with Gasteiger partial charge in [0.25, 0.3) is 5.91 Å². The Morgan fingerprint density at radius 3 is 2.41 bits per heavy atom. The van der Waals surface area contributed by atoms with Crippen molar-refractivity contribution in [2.24, 2.45) is 0 Å². The molecule has 9 heteroatoms. The number of alkyl halides is 3. The zero-order valence-corrected chi connectivity index (χ0v) is 14.2. The second-order valence-electron chi connectivity index (χ2n) is 5.12. The number of nitrogens with zero attached hydrogens (tertiary/aromatic N) is 1. The van der Waals surface area contributed by atoms with Crippen LogP contribution in [0.15, 0.2) is 42.5 Å². The van der Waals surface area contributed by atoms with E-state index in [9.17, 15) is 18.0 Å². The number of carbonyl (C=O) groups excluding carboxylic acids is 1. The molecule has 0 saturated carbocycles. The van der Waals surface area contributed by atoms with Crippen LogP contribution in [0.5, 0.6) is 17.2 Å². The fourth-order valence-corrected chi connectivity index (χ4v) is 2.05. The van der Waals surface area contributed by atoms with E-state index in [2.05, 4.69) is 10.1 Å². The highest BCUT2D eigenvalue weighted by molar-refractivity contribution is 5.91. The number of ether oxygens (including phenoxy) is 3. The maximum Gasteiger partial charge on any atom is 0.573 e. The highest BCUT2D eigenvalue weighted by Crippen LogP contribution is 2.28. The first-order valence-corrected chi connectivity index (χ1v) is 7.76. The molecule has 0 aliphatic carbocycles. The van der Waals surface area contributed by atoms with Crippen LogP contribution >= 0.6 is 0 Å². The van der Waals surface area contributed by atoms with Crippen LogP contribution in [0.3, 0.4) is 0 Å². The molecule has 0 atom stereocenters. The molecule has 1 N–H and O–H groups in total. The van der Waals surface area contributed by atoms with Gasteiger partial charge in [0.1, 0.15) is 5.75 Å². The molecule has 0 spiro atoms. The Balaban J connectivity index is 1.94. The summed E-state index contributed by atoms with van der Waals surface area (Å²) < 4.78 is 50.8. The summed E-state index contributed by atoms with van der Waals surface area (Å²) in [6, 6.07) is 11.2. The molecule has 2 aromatic rings. The van der Waals surface area contributed by atoms with Gasteiger partial charge in [0.2, 0.25) is 0 Å². The van der Waals surface area contributed by atoms with Crippen LogP contribution in [0.2, 0.25) is 0 Å². The van der Waals surface area contributed by atoms with Gasteiger partial charge in [-0.1, -0.05) is 0 Å². The Morgan fingerprint density at radius 2 is 1.81 bits per heavy atom. The molecular formula is C18H15F3N2O4. The van der Waals surface area contributed by atoms with Gasteiger partial charge in [0, 0.05) is 11.8 Å². The van der Waals surface area contributed by atoms with Crippen LogP contribution in [-0.4, -0.2) is 25.5 Å². The quantitative estimate of drug-likeness (QED) is 0.789. The molecule has 142 valence electrons. The first-order chi connectivity index (χ1) is 12.8. The Bertz CT molecular complexity index is 830. The van der Waals surface area contributed by atoms with E-state index in [4.69, 9.17) is 14.7 Å². The third-order valence-electron chi connectivity index (χ3n) is 3.10. The highest BCUT2D eigenvalue weighted by Gasteiger charge is 2.30. The summed E-state index contributed by atoms with van der Waals surface area (Å²) in [5.74, 6) is -0.292. The summed E-state index contributed by atoms with van der Waals surface area (Å²) in [6.45, 7) is 1.76. The van der Waals surface area contributed by atoms with E-state index >= 15 is 0 Å². The van der Waals surface area contributed by atoms with Gasteiger partial charge in [0.15, 0.2) is 18.1 Å². The average molecular weight is 380 g/mol. The number of hydrogen-bond donors (Lipinski definition) is 1. The van der Waals surface area contributed by atoms with E-state index < -0.39 is 18.0 Å². The van der Waals surface area contributed by atoms with Crippen LogP contribution in [-0.2, 0) is 4.79 Å². The second-order valence-corrected chi connectivity index (χ2v) is 5.12. The molecule has 0 aliphatic heterocycles. The molecule has 0 saturated heterocycles. The number of carbonyl (C=O) groups is 1. The van der Waals surface area contributed by atoms with Gasteiger partial charge in [-0.15, -0.1) is 13.2 Å². The van der Waals surface area contributed by atoms with Gasteiger partial charge >= 0.3 is 6.36 Å². The Labute approximate surface area is 153 Å². The van der Waals surface area contributed by atoms with E-state index in [0.717, 1.165) is 12.1 Å². The van der Waals surface area contributed by atoms with E-state index in [1.807, 2.05) is 6.07 Å². The molecular weight excluding hydrogens is 365 g/mol. The normalized spacial score (nSPS) is 10.6. The lowest BCUT2D eigenvalue weighted by Gasteiger charge is -2.12. The van der Waals surface area contributed by atoms with Crippen LogP contribution in [0, 0.1) is 11.3 Å². The van der Waals surface area contributed by atoms with Crippen LogP contribution < -0.4 is 19.5 Å². The predicted octanol–water partition coefficient (Wildman–Crippen LogP) is 3.87. The van der Waals surface area contributed by atoms with Gasteiger partial charge < -0.3 is 19.5 Å². The van der Waals surface area contributed by atoms with Crippen molar-refractivity contribution in [3.8, 4) is 23.3 Å². The van der Waals surface area contributed by atoms with Gasteiger partial charge in [-0.3, -0.25) is 4.79 Å². The maximum absolute atomic E-state index is 12.1. The predicted molar refractivity (Wildman–Crippen MR) is 89.6 cm³/mol. The zero-order valence-electron chi connectivity index (χ0n) is 14.2. The van der Waals surface area contributed by atoms with Crippen molar-refractivity contribution in [2.45, 2.75) is 13.3 Å². The largest absolute Gasteiger partial charge is 0.573 e. The van der Waals surface area contributed by atoms with E-state index in [1.54, 1.807) is 6.92 Å². The van der Waals surface area contributed by atoms with Crippen LogP contribution in [0.25, 0.3) is 0 Å². The number of nitrogens with one attached hydrogen (secondary N) is 1. The molecule has 0 radical (unpaired) electrons. The minimum atomic E-state index is -4.78.